The molecule has 29 heavy (non-hydrogen) atoms. The average molecular weight is 397 g/mol. The van der Waals surface area contributed by atoms with Crippen molar-refractivity contribution in [2.45, 2.75) is 0 Å². The Bertz CT molecular complexity index is 1130. The zero-order valence-electron chi connectivity index (χ0n) is 15.7. The van der Waals surface area contributed by atoms with Crippen LogP contribution in [-0.2, 0) is 0 Å². The SMILES string of the molecule is NC(=S)N/N=C\c1cc(-c2ccccc2)n(-c2ccccc2)c1-c1ccccc1. The second kappa shape index (κ2) is 8.54. The summed E-state index contributed by atoms with van der Waals surface area (Å²) in [5.74, 6) is 0. The molecule has 4 aromatic rings. The Morgan fingerprint density at radius 3 is 1.97 bits per heavy atom. The molecule has 0 atom stereocenters. The first-order chi connectivity index (χ1) is 14.2. The number of hydrogen-bond acceptors (Lipinski definition) is 2. The van der Waals surface area contributed by atoms with Gasteiger partial charge in [0.2, 0.25) is 0 Å². The van der Waals surface area contributed by atoms with Crippen molar-refractivity contribution < 1.29 is 0 Å². The molecule has 0 saturated carbocycles. The van der Waals surface area contributed by atoms with Crippen LogP contribution in [0.15, 0.2) is 102 Å². The first-order valence-corrected chi connectivity index (χ1v) is 9.65. The third-order valence-electron chi connectivity index (χ3n) is 4.54. The standard InChI is InChI=1S/C24H20N4S/c25-24(29)27-26-17-20-16-22(18-10-4-1-5-11-18)28(21-14-8-3-9-15-21)23(20)19-12-6-2-7-13-19/h1-17H,(H3,25,27,29)/b26-17-. The number of hydrazone groups is 1. The van der Waals surface area contributed by atoms with E-state index >= 15 is 0 Å². The molecule has 0 unspecified atom stereocenters. The van der Waals surface area contributed by atoms with Crippen molar-refractivity contribution in [1.82, 2.24) is 9.99 Å². The summed E-state index contributed by atoms with van der Waals surface area (Å²) in [7, 11) is 0. The number of nitrogens with zero attached hydrogens (tertiary/aromatic N) is 2. The summed E-state index contributed by atoms with van der Waals surface area (Å²) in [5.41, 5.74) is 14.5. The third kappa shape index (κ3) is 4.10. The smallest absolute Gasteiger partial charge is 0.184 e. The molecule has 0 bridgehead atoms. The van der Waals surface area contributed by atoms with Gasteiger partial charge in [0.1, 0.15) is 0 Å². The molecule has 3 N–H and O–H groups in total. The van der Waals surface area contributed by atoms with Gasteiger partial charge in [-0.25, -0.2) is 0 Å². The Balaban J connectivity index is 2.00. The summed E-state index contributed by atoms with van der Waals surface area (Å²) >= 11 is 4.87. The van der Waals surface area contributed by atoms with Gasteiger partial charge in [0.05, 0.1) is 17.6 Å². The fourth-order valence-electron chi connectivity index (χ4n) is 3.35. The van der Waals surface area contributed by atoms with Gasteiger partial charge in [-0.1, -0.05) is 78.9 Å². The van der Waals surface area contributed by atoms with Crippen molar-refractivity contribution in [3.8, 4) is 28.2 Å². The van der Waals surface area contributed by atoms with Crippen LogP contribution in [0, 0.1) is 0 Å². The fourth-order valence-corrected chi connectivity index (χ4v) is 3.40. The van der Waals surface area contributed by atoms with Crippen LogP contribution in [0.2, 0.25) is 0 Å². The monoisotopic (exact) mass is 396 g/mol. The molecule has 0 amide bonds. The van der Waals surface area contributed by atoms with Crippen LogP contribution >= 0.6 is 12.2 Å². The Morgan fingerprint density at radius 1 is 0.828 bits per heavy atom. The molecule has 0 aliphatic carbocycles. The van der Waals surface area contributed by atoms with Crippen LogP contribution in [0.25, 0.3) is 28.2 Å². The summed E-state index contributed by atoms with van der Waals surface area (Å²) in [4.78, 5) is 0. The highest BCUT2D eigenvalue weighted by Gasteiger charge is 2.18. The van der Waals surface area contributed by atoms with E-state index in [-0.39, 0.29) is 5.11 Å². The molecule has 5 heteroatoms. The largest absolute Gasteiger partial charge is 0.375 e. The maximum Gasteiger partial charge on any atom is 0.184 e. The van der Waals surface area contributed by atoms with Crippen molar-refractivity contribution in [2.75, 3.05) is 0 Å². The Morgan fingerprint density at radius 2 is 1.38 bits per heavy atom. The second-order valence-electron chi connectivity index (χ2n) is 6.47. The number of hydrogen-bond donors (Lipinski definition) is 2. The molecule has 0 fully saturated rings. The van der Waals surface area contributed by atoms with Gasteiger partial charge in [-0.2, -0.15) is 5.10 Å². The van der Waals surface area contributed by atoms with Crippen LogP contribution in [0.1, 0.15) is 5.56 Å². The highest BCUT2D eigenvalue weighted by molar-refractivity contribution is 7.80. The van der Waals surface area contributed by atoms with E-state index in [2.05, 4.69) is 57.6 Å². The molecule has 142 valence electrons. The van der Waals surface area contributed by atoms with E-state index < -0.39 is 0 Å². The normalized spacial score (nSPS) is 10.9. The highest BCUT2D eigenvalue weighted by atomic mass is 32.1. The predicted octanol–water partition coefficient (Wildman–Crippen LogP) is 4.98. The average Bonchev–Trinajstić information content (AvgIpc) is 3.15. The molecule has 1 heterocycles. The predicted molar refractivity (Wildman–Crippen MR) is 124 cm³/mol. The quantitative estimate of drug-likeness (QED) is 0.284. The van der Waals surface area contributed by atoms with Crippen LogP contribution in [0.5, 0.6) is 0 Å². The van der Waals surface area contributed by atoms with Crippen LogP contribution < -0.4 is 11.2 Å². The van der Waals surface area contributed by atoms with E-state index in [1.54, 1.807) is 6.21 Å². The summed E-state index contributed by atoms with van der Waals surface area (Å²) in [6, 6.07) is 33.1. The Labute approximate surface area is 175 Å². The van der Waals surface area contributed by atoms with Crippen LogP contribution in [-0.4, -0.2) is 15.9 Å². The topological polar surface area (TPSA) is 55.3 Å². The zero-order chi connectivity index (χ0) is 20.1. The van der Waals surface area contributed by atoms with Crippen molar-refractivity contribution in [2.24, 2.45) is 10.8 Å². The van der Waals surface area contributed by atoms with Gasteiger partial charge in [-0.3, -0.25) is 5.43 Å². The van der Waals surface area contributed by atoms with Crippen molar-refractivity contribution in [3.05, 3.63) is 103 Å². The van der Waals surface area contributed by atoms with E-state index in [1.807, 2.05) is 54.6 Å². The molecule has 0 aliphatic rings. The molecule has 0 radical (unpaired) electrons. The van der Waals surface area contributed by atoms with E-state index in [1.165, 1.54) is 0 Å². The van der Waals surface area contributed by atoms with E-state index in [0.29, 0.717) is 0 Å². The van der Waals surface area contributed by atoms with E-state index in [9.17, 15) is 0 Å². The molecular formula is C24H20N4S. The minimum atomic E-state index is 0.133. The van der Waals surface area contributed by atoms with Crippen LogP contribution in [0.4, 0.5) is 0 Å². The van der Waals surface area contributed by atoms with E-state index in [4.69, 9.17) is 18.0 Å². The summed E-state index contributed by atoms with van der Waals surface area (Å²) in [6.07, 6.45) is 1.76. The van der Waals surface area contributed by atoms with Gasteiger partial charge < -0.3 is 10.3 Å². The summed E-state index contributed by atoms with van der Waals surface area (Å²) in [6.45, 7) is 0. The molecule has 0 spiro atoms. The molecule has 1 aromatic heterocycles. The molecule has 0 saturated heterocycles. The summed E-state index contributed by atoms with van der Waals surface area (Å²) in [5, 5.41) is 4.35. The number of benzene rings is 3. The Hall–Kier alpha value is -3.70. The lowest BCUT2D eigenvalue weighted by Crippen LogP contribution is -2.24. The minimum absolute atomic E-state index is 0.133. The second-order valence-corrected chi connectivity index (χ2v) is 6.91. The lowest BCUT2D eigenvalue weighted by molar-refractivity contribution is 1.04. The van der Waals surface area contributed by atoms with Crippen molar-refractivity contribution in [1.29, 1.82) is 0 Å². The van der Waals surface area contributed by atoms with Crippen LogP contribution in [0.3, 0.4) is 0 Å². The fraction of sp³-hybridized carbons (Fsp3) is 0. The number of nitrogens with two attached hydrogens (primary N) is 1. The first kappa shape index (κ1) is 18.7. The van der Waals surface area contributed by atoms with Crippen molar-refractivity contribution >= 4 is 23.5 Å². The van der Waals surface area contributed by atoms with Gasteiger partial charge in [0.15, 0.2) is 5.11 Å². The van der Waals surface area contributed by atoms with Gasteiger partial charge in [0, 0.05) is 11.3 Å². The number of rotatable bonds is 5. The molecule has 4 nitrogen and oxygen atoms in total. The van der Waals surface area contributed by atoms with Gasteiger partial charge in [-0.05, 0) is 41.5 Å². The number of para-hydroxylation sites is 1. The first-order valence-electron chi connectivity index (χ1n) is 9.24. The minimum Gasteiger partial charge on any atom is -0.375 e. The third-order valence-corrected chi connectivity index (χ3v) is 4.63. The maximum absolute atomic E-state index is 5.52. The van der Waals surface area contributed by atoms with E-state index in [0.717, 1.165) is 33.8 Å². The van der Waals surface area contributed by atoms with Gasteiger partial charge in [-0.15, -0.1) is 0 Å². The lowest BCUT2D eigenvalue weighted by Gasteiger charge is -2.15. The highest BCUT2D eigenvalue weighted by Crippen LogP contribution is 2.35. The molecule has 4 rings (SSSR count). The molecule has 0 aliphatic heterocycles. The molecule has 3 aromatic carbocycles. The lowest BCUT2D eigenvalue weighted by atomic mass is 10.1. The number of thiocarbonyl (C=S) groups is 1. The van der Waals surface area contributed by atoms with Crippen molar-refractivity contribution in [3.63, 3.8) is 0 Å². The Kier molecular flexibility index (Phi) is 5.49. The molecular weight excluding hydrogens is 376 g/mol. The van der Waals surface area contributed by atoms with Gasteiger partial charge >= 0.3 is 0 Å². The van der Waals surface area contributed by atoms with Gasteiger partial charge in [0.25, 0.3) is 0 Å². The maximum atomic E-state index is 5.52. The number of aromatic nitrogens is 1. The zero-order valence-corrected chi connectivity index (χ0v) is 16.5. The number of nitrogens with one attached hydrogen (secondary N) is 1. The summed E-state index contributed by atoms with van der Waals surface area (Å²) < 4.78 is 2.26.